The molecule has 1 aromatic heterocycles. The molecule has 116 valence electrons. The second kappa shape index (κ2) is 12.4. The van der Waals surface area contributed by atoms with Crippen molar-refractivity contribution in [2.24, 2.45) is 4.99 Å². The number of thiophene rings is 1. The Morgan fingerprint density at radius 2 is 2.20 bits per heavy atom. The van der Waals surface area contributed by atoms with Gasteiger partial charge in [0.05, 0.1) is 13.2 Å². The summed E-state index contributed by atoms with van der Waals surface area (Å²) in [5, 5.41) is 8.63. The highest BCUT2D eigenvalue weighted by molar-refractivity contribution is 14.0. The average Bonchev–Trinajstić information content (AvgIpc) is 2.94. The zero-order chi connectivity index (χ0) is 13.9. The Kier molecular flexibility index (Phi) is 12.2. The first-order chi connectivity index (χ1) is 9.27. The third kappa shape index (κ3) is 8.06. The van der Waals surface area contributed by atoms with Gasteiger partial charge < -0.3 is 15.4 Å². The normalized spacial score (nSPS) is 12.7. The van der Waals surface area contributed by atoms with Crippen LogP contribution in [0.15, 0.2) is 22.5 Å². The number of aliphatic imine (C=N–C) groups is 1. The minimum atomic E-state index is 0. The molecule has 1 atom stereocenters. The second-order valence-electron chi connectivity index (χ2n) is 4.26. The maximum Gasteiger partial charge on any atom is 0.191 e. The van der Waals surface area contributed by atoms with Gasteiger partial charge in [-0.2, -0.15) is 0 Å². The molecule has 0 amide bonds. The van der Waals surface area contributed by atoms with E-state index in [0.29, 0.717) is 12.5 Å². The molecule has 0 aliphatic heterocycles. The molecule has 1 unspecified atom stereocenters. The van der Waals surface area contributed by atoms with Gasteiger partial charge in [0.15, 0.2) is 5.96 Å². The third-order valence-electron chi connectivity index (χ3n) is 2.64. The summed E-state index contributed by atoms with van der Waals surface area (Å²) in [5.74, 6) is 1.33. The van der Waals surface area contributed by atoms with Crippen molar-refractivity contribution in [1.82, 2.24) is 10.6 Å². The molecule has 1 rings (SSSR count). The average molecular weight is 411 g/mol. The maximum atomic E-state index is 5.30. The molecule has 0 spiro atoms. The van der Waals surface area contributed by atoms with E-state index in [1.165, 1.54) is 4.88 Å². The van der Waals surface area contributed by atoms with Gasteiger partial charge in [-0.25, -0.2) is 0 Å². The van der Waals surface area contributed by atoms with Crippen molar-refractivity contribution in [1.29, 1.82) is 0 Å². The van der Waals surface area contributed by atoms with Crippen molar-refractivity contribution >= 4 is 41.3 Å². The molecule has 0 radical (unpaired) electrons. The van der Waals surface area contributed by atoms with Crippen molar-refractivity contribution < 1.29 is 4.74 Å². The molecule has 1 aromatic rings. The van der Waals surface area contributed by atoms with Crippen LogP contribution in [0.5, 0.6) is 0 Å². The molecule has 0 aliphatic rings. The van der Waals surface area contributed by atoms with Crippen LogP contribution in [0.1, 0.15) is 31.6 Å². The van der Waals surface area contributed by atoms with Crippen LogP contribution in [0.25, 0.3) is 0 Å². The largest absolute Gasteiger partial charge is 0.380 e. The number of hydrogen-bond acceptors (Lipinski definition) is 3. The lowest BCUT2D eigenvalue weighted by molar-refractivity contribution is 0.152. The third-order valence-corrected chi connectivity index (χ3v) is 3.74. The lowest BCUT2D eigenvalue weighted by atomic mass is 10.1. The molecule has 4 nitrogen and oxygen atoms in total. The minimum Gasteiger partial charge on any atom is -0.380 e. The van der Waals surface area contributed by atoms with E-state index in [1.54, 1.807) is 11.3 Å². The summed E-state index contributed by atoms with van der Waals surface area (Å²) in [5.41, 5.74) is 0. The van der Waals surface area contributed by atoms with Crippen LogP contribution in [0.4, 0.5) is 0 Å². The van der Waals surface area contributed by atoms with E-state index in [2.05, 4.69) is 47.0 Å². The number of nitrogens with zero attached hydrogens (tertiary/aromatic N) is 1. The fraction of sp³-hybridized carbons (Fsp3) is 0.643. The Hall–Kier alpha value is -0.340. The number of nitrogens with one attached hydrogen (secondary N) is 2. The van der Waals surface area contributed by atoms with Gasteiger partial charge in [-0.15, -0.1) is 35.3 Å². The highest BCUT2D eigenvalue weighted by atomic mass is 127. The van der Waals surface area contributed by atoms with E-state index in [4.69, 9.17) is 4.74 Å². The van der Waals surface area contributed by atoms with E-state index in [-0.39, 0.29) is 24.0 Å². The van der Waals surface area contributed by atoms with Gasteiger partial charge >= 0.3 is 0 Å². The summed E-state index contributed by atoms with van der Waals surface area (Å²) in [6.07, 6.45) is 0. The van der Waals surface area contributed by atoms with Crippen LogP contribution >= 0.6 is 35.3 Å². The quantitative estimate of drug-likeness (QED) is 0.299. The molecule has 1 heterocycles. The van der Waals surface area contributed by atoms with Gasteiger partial charge in [-0.05, 0) is 25.3 Å². The van der Waals surface area contributed by atoms with Gasteiger partial charge in [0, 0.05) is 30.5 Å². The lowest BCUT2D eigenvalue weighted by Gasteiger charge is -2.12. The number of ether oxygens (including phenoxy) is 1. The molecule has 2 N–H and O–H groups in total. The number of guanidine groups is 1. The Morgan fingerprint density at radius 1 is 1.40 bits per heavy atom. The van der Waals surface area contributed by atoms with Gasteiger partial charge in [-0.1, -0.05) is 13.0 Å². The second-order valence-corrected chi connectivity index (χ2v) is 5.24. The molecule has 0 saturated carbocycles. The first kappa shape index (κ1) is 19.7. The van der Waals surface area contributed by atoms with Gasteiger partial charge in [0.2, 0.25) is 0 Å². The standard InChI is InChI=1S/C14H25N3OS.HI/c1-4-15-14(16-8-9-18-5-2)17-11-12(3)13-7-6-10-19-13;/h6-7,10,12H,4-5,8-9,11H2,1-3H3,(H2,15,16,17);1H. The van der Waals surface area contributed by atoms with Crippen LogP contribution in [0.2, 0.25) is 0 Å². The Labute approximate surface area is 143 Å². The SMILES string of the molecule is CCNC(=NCC(C)c1cccs1)NCCOCC.I. The predicted molar refractivity (Wildman–Crippen MR) is 98.6 cm³/mol. The van der Waals surface area contributed by atoms with E-state index >= 15 is 0 Å². The number of rotatable bonds is 8. The molecular weight excluding hydrogens is 385 g/mol. The van der Waals surface area contributed by atoms with E-state index in [1.807, 2.05) is 6.92 Å². The maximum absolute atomic E-state index is 5.30. The topological polar surface area (TPSA) is 45.7 Å². The molecule has 6 heteroatoms. The van der Waals surface area contributed by atoms with Crippen LogP contribution in [-0.4, -0.2) is 38.8 Å². The smallest absolute Gasteiger partial charge is 0.191 e. The van der Waals surface area contributed by atoms with Gasteiger partial charge in [0.25, 0.3) is 0 Å². The summed E-state index contributed by atoms with van der Waals surface area (Å²) >= 11 is 1.79. The molecular formula is C14H26IN3OS. The van der Waals surface area contributed by atoms with E-state index < -0.39 is 0 Å². The molecule has 0 aliphatic carbocycles. The molecule has 0 aromatic carbocycles. The van der Waals surface area contributed by atoms with Crippen molar-refractivity contribution in [2.75, 3.05) is 32.8 Å². The van der Waals surface area contributed by atoms with Crippen LogP contribution in [-0.2, 0) is 4.74 Å². The van der Waals surface area contributed by atoms with E-state index in [0.717, 1.165) is 32.2 Å². The first-order valence-corrected chi connectivity index (χ1v) is 7.79. The Bertz CT molecular complexity index is 357. The number of hydrogen-bond donors (Lipinski definition) is 2. The summed E-state index contributed by atoms with van der Waals surface area (Å²) in [6, 6.07) is 4.26. The zero-order valence-electron chi connectivity index (χ0n) is 12.5. The van der Waals surface area contributed by atoms with Crippen molar-refractivity contribution in [2.45, 2.75) is 26.7 Å². The summed E-state index contributed by atoms with van der Waals surface area (Å²) in [4.78, 5) is 6.00. The minimum absolute atomic E-state index is 0. The van der Waals surface area contributed by atoms with E-state index in [9.17, 15) is 0 Å². The summed E-state index contributed by atoms with van der Waals surface area (Å²) in [6.45, 7) is 10.2. The van der Waals surface area contributed by atoms with Gasteiger partial charge in [0.1, 0.15) is 0 Å². The summed E-state index contributed by atoms with van der Waals surface area (Å²) in [7, 11) is 0. The van der Waals surface area contributed by atoms with Crippen molar-refractivity contribution in [3.63, 3.8) is 0 Å². The highest BCUT2D eigenvalue weighted by Gasteiger charge is 2.06. The van der Waals surface area contributed by atoms with Crippen molar-refractivity contribution in [3.05, 3.63) is 22.4 Å². The van der Waals surface area contributed by atoms with Crippen LogP contribution < -0.4 is 10.6 Å². The monoisotopic (exact) mass is 411 g/mol. The Morgan fingerprint density at radius 3 is 2.80 bits per heavy atom. The molecule has 0 bridgehead atoms. The zero-order valence-corrected chi connectivity index (χ0v) is 15.7. The van der Waals surface area contributed by atoms with Gasteiger partial charge in [-0.3, -0.25) is 4.99 Å². The number of halogens is 1. The molecule has 20 heavy (non-hydrogen) atoms. The van der Waals surface area contributed by atoms with Crippen molar-refractivity contribution in [3.8, 4) is 0 Å². The lowest BCUT2D eigenvalue weighted by Crippen LogP contribution is -2.39. The fourth-order valence-corrected chi connectivity index (χ4v) is 2.40. The Balaban J connectivity index is 0.00000361. The molecule has 0 fully saturated rings. The summed E-state index contributed by atoms with van der Waals surface area (Å²) < 4.78 is 5.30. The predicted octanol–water partition coefficient (Wildman–Crippen LogP) is 3.06. The first-order valence-electron chi connectivity index (χ1n) is 6.91. The highest BCUT2D eigenvalue weighted by Crippen LogP contribution is 2.20. The van der Waals surface area contributed by atoms with Crippen LogP contribution in [0.3, 0.4) is 0 Å². The molecule has 0 saturated heterocycles. The fourth-order valence-electron chi connectivity index (χ4n) is 1.62. The van der Waals surface area contributed by atoms with Crippen LogP contribution in [0, 0.1) is 0 Å².